The van der Waals surface area contributed by atoms with Crippen LogP contribution in [0.15, 0.2) is 48.5 Å². The Balaban J connectivity index is 1.79. The minimum Gasteiger partial charge on any atom is -0.465 e. The minimum atomic E-state index is -0.280. The summed E-state index contributed by atoms with van der Waals surface area (Å²) < 4.78 is 4.79. The molecule has 2 aromatic rings. The van der Waals surface area contributed by atoms with Crippen molar-refractivity contribution in [3.05, 3.63) is 70.8 Å². The number of hydrazine groups is 1. The van der Waals surface area contributed by atoms with Crippen LogP contribution in [0, 0.1) is 0 Å². The van der Waals surface area contributed by atoms with Crippen molar-refractivity contribution in [2.75, 3.05) is 14.2 Å². The maximum atomic E-state index is 11.6. The van der Waals surface area contributed by atoms with Crippen LogP contribution in [0.1, 0.15) is 27.0 Å². The summed E-state index contributed by atoms with van der Waals surface area (Å²) in [6, 6.07) is 16.3. The molecule has 1 aliphatic heterocycles. The Bertz CT molecular complexity index is 670. The average Bonchev–Trinajstić information content (AvgIpc) is 2.55. The molecule has 4 heteroatoms. The molecule has 0 fully saturated rings. The molecule has 0 bridgehead atoms. The molecule has 0 saturated heterocycles. The monoisotopic (exact) mass is 296 g/mol. The molecule has 3 rings (SSSR count). The third-order valence-corrected chi connectivity index (χ3v) is 4.07. The molecular weight excluding hydrogens is 276 g/mol. The first-order valence-electron chi connectivity index (χ1n) is 7.37. The molecule has 4 nitrogen and oxygen atoms in total. The van der Waals surface area contributed by atoms with Crippen LogP contribution < -0.4 is 0 Å². The first-order valence-corrected chi connectivity index (χ1v) is 7.37. The third-order valence-electron chi connectivity index (χ3n) is 4.07. The first kappa shape index (κ1) is 14.8. The molecule has 0 spiro atoms. The van der Waals surface area contributed by atoms with E-state index >= 15 is 0 Å². The van der Waals surface area contributed by atoms with Crippen LogP contribution in [0.5, 0.6) is 0 Å². The molecule has 0 atom stereocenters. The lowest BCUT2D eigenvalue weighted by molar-refractivity contribution is -0.0367. The van der Waals surface area contributed by atoms with Crippen LogP contribution in [0.2, 0.25) is 0 Å². The molecule has 1 heterocycles. The quantitative estimate of drug-likeness (QED) is 0.815. The third kappa shape index (κ3) is 3.03. The topological polar surface area (TPSA) is 32.8 Å². The van der Waals surface area contributed by atoms with Gasteiger partial charge in [0.2, 0.25) is 0 Å². The van der Waals surface area contributed by atoms with Crippen molar-refractivity contribution in [3.8, 4) is 0 Å². The zero-order chi connectivity index (χ0) is 15.5. The standard InChI is InChI=1S/C18H20N2O2/c1-19-12-17-10-15(18(21)22-2)8-9-16(17)13-20(19)11-14-6-4-3-5-7-14/h3-10H,11-13H2,1-2H3. The summed E-state index contributed by atoms with van der Waals surface area (Å²) in [5, 5.41) is 4.52. The molecule has 0 unspecified atom stereocenters. The normalized spacial score (nSPS) is 15.4. The lowest BCUT2D eigenvalue weighted by Crippen LogP contribution is -2.42. The number of ether oxygens (including phenoxy) is 1. The van der Waals surface area contributed by atoms with E-state index in [0.29, 0.717) is 5.56 Å². The summed E-state index contributed by atoms with van der Waals surface area (Å²) in [7, 11) is 3.49. The summed E-state index contributed by atoms with van der Waals surface area (Å²) in [5.41, 5.74) is 4.37. The molecule has 0 N–H and O–H groups in total. The van der Waals surface area contributed by atoms with Crippen molar-refractivity contribution >= 4 is 5.97 Å². The van der Waals surface area contributed by atoms with Gasteiger partial charge in [0.1, 0.15) is 0 Å². The van der Waals surface area contributed by atoms with E-state index < -0.39 is 0 Å². The Kier molecular flexibility index (Phi) is 4.22. The zero-order valence-electron chi connectivity index (χ0n) is 13.0. The molecule has 114 valence electrons. The van der Waals surface area contributed by atoms with Gasteiger partial charge in [-0.25, -0.2) is 14.8 Å². The minimum absolute atomic E-state index is 0.280. The van der Waals surface area contributed by atoms with Gasteiger partial charge in [-0.15, -0.1) is 0 Å². The highest BCUT2D eigenvalue weighted by Crippen LogP contribution is 2.24. The van der Waals surface area contributed by atoms with Crippen molar-refractivity contribution in [3.63, 3.8) is 0 Å². The lowest BCUT2D eigenvalue weighted by Gasteiger charge is -2.37. The number of rotatable bonds is 3. The molecule has 1 aliphatic rings. The van der Waals surface area contributed by atoms with E-state index in [2.05, 4.69) is 41.3 Å². The van der Waals surface area contributed by atoms with Gasteiger partial charge >= 0.3 is 5.97 Å². The van der Waals surface area contributed by atoms with E-state index in [1.807, 2.05) is 24.3 Å². The molecule has 2 aromatic carbocycles. The highest BCUT2D eigenvalue weighted by atomic mass is 16.5. The average molecular weight is 296 g/mol. The number of nitrogens with zero attached hydrogens (tertiary/aromatic N) is 2. The first-order chi connectivity index (χ1) is 10.7. The number of benzene rings is 2. The SMILES string of the molecule is COC(=O)c1ccc2c(c1)CN(C)N(Cc1ccccc1)C2. The van der Waals surface area contributed by atoms with Gasteiger partial charge in [0, 0.05) is 26.7 Å². The van der Waals surface area contributed by atoms with Crippen LogP contribution in [0.3, 0.4) is 0 Å². The van der Waals surface area contributed by atoms with Crippen LogP contribution in [0.25, 0.3) is 0 Å². The van der Waals surface area contributed by atoms with Crippen LogP contribution >= 0.6 is 0 Å². The Morgan fingerprint density at radius 1 is 1.09 bits per heavy atom. The zero-order valence-corrected chi connectivity index (χ0v) is 13.0. The largest absolute Gasteiger partial charge is 0.465 e. The second-order valence-electron chi connectivity index (χ2n) is 5.60. The smallest absolute Gasteiger partial charge is 0.337 e. The highest BCUT2D eigenvalue weighted by molar-refractivity contribution is 5.89. The Hall–Kier alpha value is -2.17. The van der Waals surface area contributed by atoms with Crippen LogP contribution in [-0.4, -0.2) is 30.1 Å². The van der Waals surface area contributed by atoms with Crippen LogP contribution in [-0.2, 0) is 24.4 Å². The summed E-state index contributed by atoms with van der Waals surface area (Å²) in [5.74, 6) is -0.280. The number of fused-ring (bicyclic) bond motifs is 1. The molecule has 0 aromatic heterocycles. The Morgan fingerprint density at radius 2 is 1.86 bits per heavy atom. The molecule has 0 saturated carbocycles. The predicted octanol–water partition coefficient (Wildman–Crippen LogP) is 2.84. The number of carbonyl (C=O) groups is 1. The second kappa shape index (κ2) is 6.30. The summed E-state index contributed by atoms with van der Waals surface area (Å²) in [6.45, 7) is 2.53. The lowest BCUT2D eigenvalue weighted by atomic mass is 10.0. The molecule has 0 aliphatic carbocycles. The van der Waals surface area contributed by atoms with Gasteiger partial charge in [0.15, 0.2) is 0 Å². The number of methoxy groups -OCH3 is 1. The Morgan fingerprint density at radius 3 is 2.59 bits per heavy atom. The van der Waals surface area contributed by atoms with Crippen molar-refractivity contribution in [2.45, 2.75) is 19.6 Å². The van der Waals surface area contributed by atoms with Gasteiger partial charge in [-0.05, 0) is 28.8 Å². The van der Waals surface area contributed by atoms with Crippen molar-refractivity contribution < 1.29 is 9.53 Å². The van der Waals surface area contributed by atoms with Gasteiger partial charge in [-0.2, -0.15) is 0 Å². The molecule has 0 amide bonds. The summed E-state index contributed by atoms with van der Waals surface area (Å²) in [4.78, 5) is 11.6. The Labute approximate surface area is 130 Å². The fourth-order valence-electron chi connectivity index (χ4n) is 2.81. The maximum Gasteiger partial charge on any atom is 0.337 e. The summed E-state index contributed by atoms with van der Waals surface area (Å²) in [6.07, 6.45) is 0. The number of hydrogen-bond acceptors (Lipinski definition) is 4. The van der Waals surface area contributed by atoms with Gasteiger partial charge in [-0.3, -0.25) is 0 Å². The van der Waals surface area contributed by atoms with E-state index in [1.54, 1.807) is 0 Å². The molecular formula is C18H20N2O2. The van der Waals surface area contributed by atoms with Gasteiger partial charge in [0.25, 0.3) is 0 Å². The van der Waals surface area contributed by atoms with Crippen molar-refractivity contribution in [1.82, 2.24) is 10.0 Å². The van der Waals surface area contributed by atoms with E-state index in [4.69, 9.17) is 4.74 Å². The van der Waals surface area contributed by atoms with E-state index in [0.717, 1.165) is 19.6 Å². The van der Waals surface area contributed by atoms with Gasteiger partial charge < -0.3 is 4.74 Å². The fourth-order valence-corrected chi connectivity index (χ4v) is 2.81. The van der Waals surface area contributed by atoms with Crippen LogP contribution in [0.4, 0.5) is 0 Å². The molecule has 0 radical (unpaired) electrons. The van der Waals surface area contributed by atoms with Crippen molar-refractivity contribution in [2.24, 2.45) is 0 Å². The summed E-state index contributed by atoms with van der Waals surface area (Å²) >= 11 is 0. The fraction of sp³-hybridized carbons (Fsp3) is 0.278. The van der Waals surface area contributed by atoms with E-state index in [-0.39, 0.29) is 5.97 Å². The van der Waals surface area contributed by atoms with E-state index in [1.165, 1.54) is 23.8 Å². The molecule has 22 heavy (non-hydrogen) atoms. The highest BCUT2D eigenvalue weighted by Gasteiger charge is 2.22. The predicted molar refractivity (Wildman–Crippen MR) is 84.9 cm³/mol. The van der Waals surface area contributed by atoms with E-state index in [9.17, 15) is 4.79 Å². The maximum absolute atomic E-state index is 11.6. The second-order valence-corrected chi connectivity index (χ2v) is 5.60. The number of hydrogen-bond donors (Lipinski definition) is 0. The van der Waals surface area contributed by atoms with Gasteiger partial charge in [0.05, 0.1) is 12.7 Å². The number of esters is 1. The van der Waals surface area contributed by atoms with Gasteiger partial charge in [-0.1, -0.05) is 36.4 Å². The van der Waals surface area contributed by atoms with Crippen molar-refractivity contribution in [1.29, 1.82) is 0 Å². The number of carbonyl (C=O) groups excluding carboxylic acids is 1.